The van der Waals surface area contributed by atoms with Crippen molar-refractivity contribution < 1.29 is 37.1 Å². The van der Waals surface area contributed by atoms with E-state index in [0.717, 1.165) is 11.3 Å². The molecule has 35 heavy (non-hydrogen) atoms. The smallest absolute Gasteiger partial charge is 0.341 e. The molecule has 0 aliphatic carbocycles. The first-order valence-corrected chi connectivity index (χ1v) is 12.8. The van der Waals surface area contributed by atoms with Crippen LogP contribution >= 0.6 is 11.3 Å². The topological polar surface area (TPSA) is 148 Å². The number of ether oxygens (including phenoxy) is 2. The molecule has 0 radical (unpaired) electrons. The SMILES string of the molecule is CCOC(=O)c1c(NC(=O)COC(=O)CCNS(=O)(=O)c2ccccc2)sc(C(=O)N(C)C)c1C. The van der Waals surface area contributed by atoms with E-state index < -0.39 is 34.5 Å². The summed E-state index contributed by atoms with van der Waals surface area (Å²) in [7, 11) is -0.654. The highest BCUT2D eigenvalue weighted by atomic mass is 32.2. The molecule has 0 unspecified atom stereocenters. The summed E-state index contributed by atoms with van der Waals surface area (Å²) in [4.78, 5) is 50.8. The number of thiophene rings is 1. The van der Waals surface area contributed by atoms with Crippen LogP contribution in [0, 0.1) is 6.92 Å². The number of amides is 2. The van der Waals surface area contributed by atoms with Gasteiger partial charge in [-0.1, -0.05) is 18.2 Å². The van der Waals surface area contributed by atoms with Crippen LogP contribution in [0.4, 0.5) is 5.00 Å². The van der Waals surface area contributed by atoms with E-state index in [4.69, 9.17) is 9.47 Å². The number of hydrogen-bond donors (Lipinski definition) is 2. The zero-order valence-corrected chi connectivity index (χ0v) is 21.4. The van der Waals surface area contributed by atoms with Crippen LogP contribution in [0.5, 0.6) is 0 Å². The van der Waals surface area contributed by atoms with E-state index in [1.807, 2.05) is 0 Å². The van der Waals surface area contributed by atoms with Crippen LogP contribution in [-0.2, 0) is 29.1 Å². The number of nitrogens with zero attached hydrogens (tertiary/aromatic N) is 1. The fraction of sp³-hybridized carbons (Fsp3) is 0.364. The van der Waals surface area contributed by atoms with Crippen molar-refractivity contribution in [3.05, 3.63) is 46.3 Å². The Kier molecular flexibility index (Phi) is 9.92. The minimum atomic E-state index is -3.77. The molecule has 1 aromatic carbocycles. The van der Waals surface area contributed by atoms with Gasteiger partial charge in [0.15, 0.2) is 6.61 Å². The minimum absolute atomic E-state index is 0.0528. The Morgan fingerprint density at radius 1 is 1.06 bits per heavy atom. The molecule has 2 rings (SSSR count). The third-order valence-corrected chi connectivity index (χ3v) is 7.19. The van der Waals surface area contributed by atoms with Crippen LogP contribution < -0.4 is 10.0 Å². The first-order valence-electron chi connectivity index (χ1n) is 10.5. The van der Waals surface area contributed by atoms with Gasteiger partial charge in [0.05, 0.1) is 28.4 Å². The van der Waals surface area contributed by atoms with Crippen LogP contribution in [0.25, 0.3) is 0 Å². The van der Waals surface area contributed by atoms with Crippen molar-refractivity contribution in [2.45, 2.75) is 25.2 Å². The second-order valence-electron chi connectivity index (χ2n) is 7.35. The molecule has 0 bridgehead atoms. The average molecular weight is 526 g/mol. The summed E-state index contributed by atoms with van der Waals surface area (Å²) in [6, 6.07) is 7.65. The maximum absolute atomic E-state index is 12.4. The molecule has 2 N–H and O–H groups in total. The molecule has 13 heteroatoms. The van der Waals surface area contributed by atoms with Crippen molar-refractivity contribution in [1.82, 2.24) is 9.62 Å². The van der Waals surface area contributed by atoms with E-state index in [-0.39, 0.29) is 45.8 Å². The lowest BCUT2D eigenvalue weighted by Crippen LogP contribution is -2.28. The number of esters is 2. The van der Waals surface area contributed by atoms with Crippen molar-refractivity contribution in [3.63, 3.8) is 0 Å². The minimum Gasteiger partial charge on any atom is -0.462 e. The second kappa shape index (κ2) is 12.4. The van der Waals surface area contributed by atoms with Gasteiger partial charge in [0.2, 0.25) is 10.0 Å². The number of rotatable bonds is 11. The van der Waals surface area contributed by atoms with E-state index in [2.05, 4.69) is 10.0 Å². The highest BCUT2D eigenvalue weighted by Crippen LogP contribution is 2.34. The van der Waals surface area contributed by atoms with E-state index in [0.29, 0.717) is 5.56 Å². The first kappa shape index (κ1) is 28.0. The Hall–Kier alpha value is -3.29. The maximum Gasteiger partial charge on any atom is 0.341 e. The fourth-order valence-electron chi connectivity index (χ4n) is 2.81. The molecule has 0 saturated carbocycles. The summed E-state index contributed by atoms with van der Waals surface area (Å²) in [5.41, 5.74) is 0.419. The predicted octanol–water partition coefficient (Wildman–Crippen LogP) is 1.79. The van der Waals surface area contributed by atoms with E-state index in [1.165, 1.54) is 17.0 Å². The van der Waals surface area contributed by atoms with Crippen LogP contribution in [0.15, 0.2) is 35.2 Å². The van der Waals surface area contributed by atoms with E-state index >= 15 is 0 Å². The molecule has 0 spiro atoms. The molecule has 0 atom stereocenters. The number of sulfonamides is 1. The van der Waals surface area contributed by atoms with Crippen molar-refractivity contribution in [2.75, 3.05) is 39.2 Å². The molecule has 11 nitrogen and oxygen atoms in total. The molecule has 0 fully saturated rings. The monoisotopic (exact) mass is 525 g/mol. The number of benzene rings is 1. The normalized spacial score (nSPS) is 11.0. The summed E-state index contributed by atoms with van der Waals surface area (Å²) in [5.74, 6) is -2.58. The quantitative estimate of drug-likeness (QED) is 0.422. The molecule has 0 saturated heterocycles. The van der Waals surface area contributed by atoms with Gasteiger partial charge in [-0.3, -0.25) is 14.4 Å². The number of carbonyl (C=O) groups is 4. The lowest BCUT2D eigenvalue weighted by Gasteiger charge is -2.09. The van der Waals surface area contributed by atoms with Crippen LogP contribution in [0.2, 0.25) is 0 Å². The molecule has 1 heterocycles. The van der Waals surface area contributed by atoms with Gasteiger partial charge in [0.1, 0.15) is 5.00 Å². The number of carbonyl (C=O) groups excluding carboxylic acids is 4. The highest BCUT2D eigenvalue weighted by Gasteiger charge is 2.27. The molecule has 2 aromatic rings. The third kappa shape index (κ3) is 7.60. The molecule has 0 aliphatic rings. The van der Waals surface area contributed by atoms with E-state index in [9.17, 15) is 27.6 Å². The number of hydrogen-bond acceptors (Lipinski definition) is 9. The first-order chi connectivity index (χ1) is 16.5. The molecule has 0 aliphatic heterocycles. The van der Waals surface area contributed by atoms with Crippen LogP contribution in [0.1, 0.15) is 38.9 Å². The van der Waals surface area contributed by atoms with Gasteiger partial charge < -0.3 is 19.7 Å². The van der Waals surface area contributed by atoms with Gasteiger partial charge in [-0.2, -0.15) is 0 Å². The van der Waals surface area contributed by atoms with Gasteiger partial charge in [-0.05, 0) is 31.5 Å². The predicted molar refractivity (Wildman–Crippen MR) is 129 cm³/mol. The fourth-order valence-corrected chi connectivity index (χ4v) is 5.09. The second-order valence-corrected chi connectivity index (χ2v) is 10.1. The summed E-state index contributed by atoms with van der Waals surface area (Å²) in [6.07, 6.45) is -0.299. The van der Waals surface area contributed by atoms with Gasteiger partial charge in [-0.25, -0.2) is 17.9 Å². The van der Waals surface area contributed by atoms with Crippen molar-refractivity contribution >= 4 is 50.1 Å². The Bertz CT molecular complexity index is 1190. The summed E-state index contributed by atoms with van der Waals surface area (Å²) < 4.78 is 36.5. The van der Waals surface area contributed by atoms with Gasteiger partial charge in [0, 0.05) is 20.6 Å². The summed E-state index contributed by atoms with van der Waals surface area (Å²) in [6.45, 7) is 2.42. The van der Waals surface area contributed by atoms with Gasteiger partial charge >= 0.3 is 11.9 Å². The van der Waals surface area contributed by atoms with Crippen molar-refractivity contribution in [1.29, 1.82) is 0 Å². The van der Waals surface area contributed by atoms with Crippen LogP contribution in [0.3, 0.4) is 0 Å². The Balaban J connectivity index is 1.96. The third-order valence-electron chi connectivity index (χ3n) is 4.52. The van der Waals surface area contributed by atoms with Crippen molar-refractivity contribution in [3.8, 4) is 0 Å². The largest absolute Gasteiger partial charge is 0.462 e. The zero-order valence-electron chi connectivity index (χ0n) is 19.7. The summed E-state index contributed by atoms with van der Waals surface area (Å²) in [5, 5.41) is 2.58. The standard InChI is InChI=1S/C22H27N3O8S2/c1-5-32-22(29)18-14(2)19(21(28)25(3)4)34-20(18)24-16(26)13-33-17(27)11-12-23-35(30,31)15-9-7-6-8-10-15/h6-10,23H,5,11-13H2,1-4H3,(H,24,26). The molecular weight excluding hydrogens is 498 g/mol. The molecular formula is C22H27N3O8S2. The summed E-state index contributed by atoms with van der Waals surface area (Å²) >= 11 is 0.913. The lowest BCUT2D eigenvalue weighted by atomic mass is 10.1. The number of anilines is 1. The van der Waals surface area contributed by atoms with Crippen molar-refractivity contribution in [2.24, 2.45) is 0 Å². The van der Waals surface area contributed by atoms with Gasteiger partial charge in [0.25, 0.3) is 11.8 Å². The maximum atomic E-state index is 12.4. The van der Waals surface area contributed by atoms with E-state index in [1.54, 1.807) is 46.1 Å². The lowest BCUT2D eigenvalue weighted by molar-refractivity contribution is -0.147. The Labute approximate surface area is 207 Å². The highest BCUT2D eigenvalue weighted by molar-refractivity contribution is 7.89. The average Bonchev–Trinajstić information content (AvgIpc) is 3.13. The molecule has 190 valence electrons. The Morgan fingerprint density at radius 2 is 1.71 bits per heavy atom. The zero-order chi connectivity index (χ0) is 26.2. The van der Waals surface area contributed by atoms with Gasteiger partial charge in [-0.15, -0.1) is 11.3 Å². The van der Waals surface area contributed by atoms with Crippen LogP contribution in [-0.4, -0.2) is 70.9 Å². The molecule has 2 amide bonds. The number of nitrogens with one attached hydrogen (secondary N) is 2. The Morgan fingerprint density at radius 3 is 2.31 bits per heavy atom. The molecule has 1 aromatic heterocycles.